The lowest BCUT2D eigenvalue weighted by Gasteiger charge is -2.17. The zero-order valence-electron chi connectivity index (χ0n) is 17.0. The molecule has 0 amide bonds. The Morgan fingerprint density at radius 1 is 0.852 bits per heavy atom. The average Bonchev–Trinajstić information content (AvgIpc) is 2.65. The van der Waals surface area contributed by atoms with Gasteiger partial charge in [0.1, 0.15) is 12.7 Å². The molecule has 0 saturated carbocycles. The second-order valence-corrected chi connectivity index (χ2v) is 7.42. The summed E-state index contributed by atoms with van der Waals surface area (Å²) in [6.45, 7) is 1.61. The number of carboxylic acids is 1. The number of aliphatic carboxylic acids is 1. The summed E-state index contributed by atoms with van der Waals surface area (Å²) in [5.74, 6) is -1.10. The molecule has 0 spiro atoms. The number of unbranched alkanes of at least 4 members (excludes halogenated alkanes) is 9. The zero-order valence-corrected chi connectivity index (χ0v) is 17.0. The molecular weight excluding hydrogens is 348 g/mol. The van der Waals surface area contributed by atoms with Crippen LogP contribution in [-0.2, 0) is 14.3 Å². The van der Waals surface area contributed by atoms with Gasteiger partial charge in [-0.3, -0.25) is 9.59 Å². The Kier molecular flexibility index (Phi) is 17.5. The van der Waals surface area contributed by atoms with Crippen molar-refractivity contribution in [3.05, 3.63) is 0 Å². The summed E-state index contributed by atoms with van der Waals surface area (Å²) in [5.41, 5.74) is 0. The third-order valence-corrected chi connectivity index (χ3v) is 4.81. The van der Waals surface area contributed by atoms with Gasteiger partial charge in [-0.05, 0) is 19.3 Å². The average molecular weight is 389 g/mol. The molecule has 0 radical (unpaired) electrons. The maximum absolute atomic E-state index is 12.3. The summed E-state index contributed by atoms with van der Waals surface area (Å²) in [7, 11) is 0. The Morgan fingerprint density at radius 3 is 1.89 bits per heavy atom. The van der Waals surface area contributed by atoms with Gasteiger partial charge >= 0.3 is 11.9 Å². The molecule has 0 aromatic rings. The van der Waals surface area contributed by atoms with Crippen molar-refractivity contribution in [1.29, 1.82) is 0 Å². The lowest BCUT2D eigenvalue weighted by molar-refractivity contribution is -0.152. The van der Waals surface area contributed by atoms with Crippen LogP contribution in [0.1, 0.15) is 96.8 Å². The first-order chi connectivity index (χ1) is 13.0. The second kappa shape index (κ2) is 18.2. The predicted octanol–water partition coefficient (Wildman–Crippen LogP) is 4.06. The molecule has 0 aliphatic carbocycles. The van der Waals surface area contributed by atoms with Crippen LogP contribution in [0.25, 0.3) is 0 Å². The summed E-state index contributed by atoms with van der Waals surface area (Å²) in [6, 6.07) is 0. The molecule has 0 heterocycles. The maximum Gasteiger partial charge on any atom is 0.309 e. The molecule has 3 N–H and O–H groups in total. The number of hydrogen-bond acceptors (Lipinski definition) is 5. The molecule has 0 rings (SSSR count). The van der Waals surface area contributed by atoms with Crippen LogP contribution in [0, 0.1) is 5.92 Å². The number of esters is 1. The second-order valence-electron chi connectivity index (χ2n) is 7.42. The number of rotatable bonds is 19. The van der Waals surface area contributed by atoms with E-state index in [9.17, 15) is 14.7 Å². The van der Waals surface area contributed by atoms with Crippen LogP contribution in [0.3, 0.4) is 0 Å². The van der Waals surface area contributed by atoms with Gasteiger partial charge in [-0.25, -0.2) is 0 Å². The molecule has 6 heteroatoms. The van der Waals surface area contributed by atoms with Gasteiger partial charge in [0.05, 0.1) is 12.5 Å². The van der Waals surface area contributed by atoms with Crippen molar-refractivity contribution in [3.8, 4) is 0 Å². The molecule has 160 valence electrons. The smallest absolute Gasteiger partial charge is 0.309 e. The fourth-order valence-electron chi connectivity index (χ4n) is 3.10. The normalized spacial score (nSPS) is 13.3. The highest BCUT2D eigenvalue weighted by Gasteiger charge is 2.20. The largest absolute Gasteiger partial charge is 0.481 e. The van der Waals surface area contributed by atoms with Gasteiger partial charge in [-0.1, -0.05) is 71.1 Å². The van der Waals surface area contributed by atoms with Crippen molar-refractivity contribution in [2.75, 3.05) is 13.2 Å². The van der Waals surface area contributed by atoms with Gasteiger partial charge in [0.25, 0.3) is 0 Å². The molecule has 0 aliphatic heterocycles. The Morgan fingerprint density at radius 2 is 1.37 bits per heavy atom. The van der Waals surface area contributed by atoms with E-state index >= 15 is 0 Å². The standard InChI is InChI=1S/C21H40O6/c1-2-3-4-10-13-18(21(26)27-17-19(23)16-22)14-11-8-6-5-7-9-12-15-20(24)25/h18-19,22-23H,2-17H2,1H3,(H,24,25). The van der Waals surface area contributed by atoms with E-state index in [0.29, 0.717) is 0 Å². The molecule has 0 aromatic heterocycles. The Bertz CT molecular complexity index is 372. The lowest BCUT2D eigenvalue weighted by Crippen LogP contribution is -2.25. The topological polar surface area (TPSA) is 104 Å². The molecule has 27 heavy (non-hydrogen) atoms. The van der Waals surface area contributed by atoms with Crippen molar-refractivity contribution in [1.82, 2.24) is 0 Å². The van der Waals surface area contributed by atoms with E-state index in [1.165, 1.54) is 6.42 Å². The number of hydrogen-bond donors (Lipinski definition) is 3. The maximum atomic E-state index is 12.3. The molecule has 0 saturated heterocycles. The predicted molar refractivity (Wildman–Crippen MR) is 105 cm³/mol. The van der Waals surface area contributed by atoms with Crippen molar-refractivity contribution in [2.45, 2.75) is 103 Å². The van der Waals surface area contributed by atoms with Crippen molar-refractivity contribution in [2.24, 2.45) is 5.92 Å². The zero-order chi connectivity index (χ0) is 20.3. The number of aliphatic hydroxyl groups is 2. The van der Waals surface area contributed by atoms with Gasteiger partial charge in [-0.2, -0.15) is 0 Å². The van der Waals surface area contributed by atoms with Crippen molar-refractivity contribution < 1.29 is 29.6 Å². The molecule has 6 nitrogen and oxygen atoms in total. The Labute approximate surface area is 164 Å². The number of carbonyl (C=O) groups is 2. The first-order valence-corrected chi connectivity index (χ1v) is 10.7. The molecule has 0 aromatic carbocycles. The molecule has 0 bridgehead atoms. The van der Waals surface area contributed by atoms with E-state index in [1.807, 2.05) is 0 Å². The van der Waals surface area contributed by atoms with Gasteiger partial charge in [0.2, 0.25) is 0 Å². The fraction of sp³-hybridized carbons (Fsp3) is 0.905. The molecule has 2 atom stereocenters. The van der Waals surface area contributed by atoms with Gasteiger partial charge in [-0.15, -0.1) is 0 Å². The Balaban J connectivity index is 3.97. The van der Waals surface area contributed by atoms with Crippen LogP contribution in [0.4, 0.5) is 0 Å². The van der Waals surface area contributed by atoms with E-state index < -0.39 is 18.7 Å². The van der Waals surface area contributed by atoms with Gasteiger partial charge in [0.15, 0.2) is 0 Å². The quantitative estimate of drug-likeness (QED) is 0.228. The highest BCUT2D eigenvalue weighted by Crippen LogP contribution is 2.20. The van der Waals surface area contributed by atoms with Crippen molar-refractivity contribution in [3.63, 3.8) is 0 Å². The summed E-state index contributed by atoms with van der Waals surface area (Å²) < 4.78 is 5.16. The van der Waals surface area contributed by atoms with Crippen LogP contribution < -0.4 is 0 Å². The summed E-state index contributed by atoms with van der Waals surface area (Å²) >= 11 is 0. The monoisotopic (exact) mass is 388 g/mol. The van der Waals surface area contributed by atoms with Crippen LogP contribution in [0.2, 0.25) is 0 Å². The number of ether oxygens (including phenoxy) is 1. The van der Waals surface area contributed by atoms with Gasteiger partial charge in [0, 0.05) is 6.42 Å². The van der Waals surface area contributed by atoms with Crippen LogP contribution in [0.5, 0.6) is 0 Å². The summed E-state index contributed by atoms with van der Waals surface area (Å²) in [6.07, 6.45) is 12.4. The first kappa shape index (κ1) is 25.9. The highest BCUT2D eigenvalue weighted by molar-refractivity contribution is 5.72. The number of carboxylic acid groups (broad SMARTS) is 1. The number of aliphatic hydroxyl groups excluding tert-OH is 2. The third-order valence-electron chi connectivity index (χ3n) is 4.81. The van der Waals surface area contributed by atoms with E-state index in [4.69, 9.17) is 14.9 Å². The summed E-state index contributed by atoms with van der Waals surface area (Å²) in [4.78, 5) is 22.7. The molecule has 0 fully saturated rings. The van der Waals surface area contributed by atoms with E-state index in [0.717, 1.165) is 77.0 Å². The molecule has 2 unspecified atom stereocenters. The summed E-state index contributed by atoms with van der Waals surface area (Å²) in [5, 5.41) is 26.8. The van der Waals surface area contributed by atoms with Crippen LogP contribution in [-0.4, -0.2) is 46.6 Å². The molecular formula is C21H40O6. The fourth-order valence-corrected chi connectivity index (χ4v) is 3.10. The molecule has 0 aliphatic rings. The van der Waals surface area contributed by atoms with E-state index in [2.05, 4.69) is 6.92 Å². The van der Waals surface area contributed by atoms with Crippen LogP contribution >= 0.6 is 0 Å². The van der Waals surface area contributed by atoms with Gasteiger partial charge < -0.3 is 20.1 Å². The highest BCUT2D eigenvalue weighted by atomic mass is 16.5. The van der Waals surface area contributed by atoms with Crippen LogP contribution in [0.15, 0.2) is 0 Å². The minimum atomic E-state index is -1.00. The minimum Gasteiger partial charge on any atom is -0.481 e. The van der Waals surface area contributed by atoms with E-state index in [-0.39, 0.29) is 24.9 Å². The SMILES string of the molecule is CCCCCCC(CCCCCCCCCC(=O)O)C(=O)OCC(O)CO. The lowest BCUT2D eigenvalue weighted by atomic mass is 9.94. The number of carbonyl (C=O) groups excluding carboxylic acids is 1. The van der Waals surface area contributed by atoms with E-state index in [1.54, 1.807) is 0 Å². The van der Waals surface area contributed by atoms with Crippen molar-refractivity contribution >= 4 is 11.9 Å². The third kappa shape index (κ3) is 16.7. The minimum absolute atomic E-state index is 0.122. The first-order valence-electron chi connectivity index (χ1n) is 10.7. The Hall–Kier alpha value is -1.14.